The molecule has 0 aliphatic carbocycles. The van der Waals surface area contributed by atoms with Crippen LogP contribution in [0.1, 0.15) is 42.3 Å². The summed E-state index contributed by atoms with van der Waals surface area (Å²) in [6.45, 7) is 3.75. The first-order chi connectivity index (χ1) is 18.7. The van der Waals surface area contributed by atoms with Crippen LogP contribution in [0.25, 0.3) is 17.3 Å². The summed E-state index contributed by atoms with van der Waals surface area (Å²) >= 11 is 0. The van der Waals surface area contributed by atoms with Crippen molar-refractivity contribution in [1.82, 2.24) is 19.7 Å². The third-order valence-corrected chi connectivity index (χ3v) is 8.84. The van der Waals surface area contributed by atoms with Gasteiger partial charge in [-0.25, -0.2) is 8.42 Å². The van der Waals surface area contributed by atoms with Gasteiger partial charge in [0.25, 0.3) is 0 Å². The van der Waals surface area contributed by atoms with Gasteiger partial charge < -0.3 is 23.7 Å². The van der Waals surface area contributed by atoms with Crippen LogP contribution in [0.2, 0.25) is 0 Å². The summed E-state index contributed by atoms with van der Waals surface area (Å²) in [4.78, 5) is 4.32. The number of methoxy groups -OCH3 is 2. The van der Waals surface area contributed by atoms with E-state index in [1.165, 1.54) is 21.1 Å². The van der Waals surface area contributed by atoms with Gasteiger partial charge in [-0.15, -0.1) is 10.2 Å². The Bertz CT molecular complexity index is 1570. The maximum absolute atomic E-state index is 13.7. The molecule has 5 rings (SSSR count). The van der Waals surface area contributed by atoms with Crippen LogP contribution in [-0.2, 0) is 22.0 Å². The van der Waals surface area contributed by atoms with Gasteiger partial charge in [-0.2, -0.15) is 0 Å². The van der Waals surface area contributed by atoms with Crippen LogP contribution in [0.4, 0.5) is 0 Å². The molecular formula is C27H30N4O7S. The fraction of sp³-hybridized carbons (Fsp3) is 0.370. The van der Waals surface area contributed by atoms with E-state index in [0.717, 1.165) is 6.42 Å². The first-order valence-electron chi connectivity index (χ1n) is 12.5. The predicted molar refractivity (Wildman–Crippen MR) is 142 cm³/mol. The van der Waals surface area contributed by atoms with E-state index in [-0.39, 0.29) is 11.6 Å². The highest BCUT2D eigenvalue weighted by Crippen LogP contribution is 2.38. The number of hydrogen-bond donors (Lipinski definition) is 1. The Morgan fingerprint density at radius 2 is 1.85 bits per heavy atom. The molecule has 0 fully saturated rings. The van der Waals surface area contributed by atoms with Crippen molar-refractivity contribution in [3.8, 4) is 34.5 Å². The van der Waals surface area contributed by atoms with Crippen LogP contribution < -0.4 is 14.2 Å². The second-order valence-electron chi connectivity index (χ2n) is 9.28. The molecular weight excluding hydrogens is 524 g/mol. The zero-order chi connectivity index (χ0) is 27.7. The molecule has 2 atom stereocenters. The van der Waals surface area contributed by atoms with E-state index in [2.05, 4.69) is 15.2 Å². The standard InChI is InChI=1S/C27H30N4O7S/c1-16-10-11-22(38-16)27-30-29-23(31(27)24-20(35-3)8-5-9-21(24)36-4)15-39(33,34)17(2)25(32)18-12-13-28-19-7-6-14-37-26(18)19/h5,8-13,17,25,32H,6-7,14-15H2,1-4H3/t17-,25+/m1/s1. The number of pyridine rings is 1. The highest BCUT2D eigenvalue weighted by atomic mass is 32.2. The van der Waals surface area contributed by atoms with Crippen LogP contribution in [0, 0.1) is 6.92 Å². The number of rotatable bonds is 9. The van der Waals surface area contributed by atoms with Gasteiger partial charge in [0.15, 0.2) is 21.4 Å². The minimum atomic E-state index is -3.98. The molecule has 206 valence electrons. The van der Waals surface area contributed by atoms with Crippen molar-refractivity contribution in [3.05, 3.63) is 65.4 Å². The first kappa shape index (κ1) is 26.7. The number of aromatic nitrogens is 4. The molecule has 0 bridgehead atoms. The molecule has 4 heterocycles. The normalized spacial score (nSPS) is 14.8. The molecule has 3 aromatic heterocycles. The van der Waals surface area contributed by atoms with E-state index in [9.17, 15) is 13.5 Å². The summed E-state index contributed by atoms with van der Waals surface area (Å²) in [5.74, 6) is 2.21. The van der Waals surface area contributed by atoms with Crippen LogP contribution >= 0.6 is 0 Å². The predicted octanol–water partition coefficient (Wildman–Crippen LogP) is 3.61. The second-order valence-corrected chi connectivity index (χ2v) is 11.6. The maximum Gasteiger partial charge on any atom is 0.204 e. The fourth-order valence-electron chi connectivity index (χ4n) is 4.67. The molecule has 39 heavy (non-hydrogen) atoms. The van der Waals surface area contributed by atoms with Gasteiger partial charge in [-0.3, -0.25) is 9.55 Å². The molecule has 1 N–H and O–H groups in total. The summed E-state index contributed by atoms with van der Waals surface area (Å²) in [5, 5.41) is 18.6. The molecule has 0 amide bonds. The molecule has 1 aliphatic rings. The van der Waals surface area contributed by atoms with Gasteiger partial charge in [0.1, 0.15) is 34.4 Å². The lowest BCUT2D eigenvalue weighted by Gasteiger charge is -2.25. The Morgan fingerprint density at radius 1 is 1.10 bits per heavy atom. The fourth-order valence-corrected chi connectivity index (χ4v) is 6.02. The number of hydrogen-bond acceptors (Lipinski definition) is 10. The van der Waals surface area contributed by atoms with Gasteiger partial charge >= 0.3 is 0 Å². The Kier molecular flexibility index (Phi) is 7.32. The smallest absolute Gasteiger partial charge is 0.204 e. The lowest BCUT2D eigenvalue weighted by molar-refractivity contribution is 0.166. The van der Waals surface area contributed by atoms with E-state index in [0.29, 0.717) is 58.7 Å². The number of sulfone groups is 1. The number of aliphatic hydroxyl groups is 1. The number of aliphatic hydroxyl groups excluding tert-OH is 1. The largest absolute Gasteiger partial charge is 0.494 e. The Morgan fingerprint density at radius 3 is 2.51 bits per heavy atom. The second kappa shape index (κ2) is 10.7. The Labute approximate surface area is 226 Å². The van der Waals surface area contributed by atoms with Gasteiger partial charge in [-0.1, -0.05) is 6.07 Å². The molecule has 0 unspecified atom stereocenters. The Balaban J connectivity index is 1.57. The van der Waals surface area contributed by atoms with Crippen molar-refractivity contribution in [2.24, 2.45) is 0 Å². The SMILES string of the molecule is COc1cccc(OC)c1-n1c(CS(=O)(=O)[C@H](C)[C@H](O)c2ccnc3c2OCCC3)nnc1-c1ccc(C)o1. The molecule has 0 saturated carbocycles. The van der Waals surface area contributed by atoms with Crippen molar-refractivity contribution in [3.63, 3.8) is 0 Å². The summed E-state index contributed by atoms with van der Waals surface area (Å²) in [5.41, 5.74) is 1.53. The number of furan rings is 1. The molecule has 4 aromatic rings. The van der Waals surface area contributed by atoms with E-state index in [4.69, 9.17) is 18.6 Å². The number of para-hydroxylation sites is 1. The van der Waals surface area contributed by atoms with Crippen LogP contribution in [0.5, 0.6) is 17.2 Å². The van der Waals surface area contributed by atoms with Crippen LogP contribution in [0.15, 0.2) is 47.0 Å². The summed E-state index contributed by atoms with van der Waals surface area (Å²) in [6.07, 6.45) is 1.74. The van der Waals surface area contributed by atoms with Crippen molar-refractivity contribution >= 4 is 9.84 Å². The van der Waals surface area contributed by atoms with E-state index < -0.39 is 26.9 Å². The third kappa shape index (κ3) is 4.97. The van der Waals surface area contributed by atoms with Gasteiger partial charge in [0.05, 0.1) is 37.9 Å². The lowest BCUT2D eigenvalue weighted by atomic mass is 10.0. The van der Waals surface area contributed by atoms with Gasteiger partial charge in [-0.05, 0) is 57.0 Å². The van der Waals surface area contributed by atoms with Crippen molar-refractivity contribution in [2.75, 3.05) is 20.8 Å². The molecule has 12 heteroatoms. The zero-order valence-corrected chi connectivity index (χ0v) is 22.9. The number of nitrogens with zero attached hydrogens (tertiary/aromatic N) is 4. The van der Waals surface area contributed by atoms with E-state index in [1.807, 2.05) is 0 Å². The Hall–Kier alpha value is -3.90. The number of fused-ring (bicyclic) bond motifs is 1. The molecule has 11 nitrogen and oxygen atoms in total. The average molecular weight is 555 g/mol. The number of aryl methyl sites for hydroxylation is 2. The summed E-state index contributed by atoms with van der Waals surface area (Å²) in [7, 11) is -0.971. The summed E-state index contributed by atoms with van der Waals surface area (Å²) in [6, 6.07) is 10.3. The highest BCUT2D eigenvalue weighted by molar-refractivity contribution is 7.91. The molecule has 1 aliphatic heterocycles. The third-order valence-electron chi connectivity index (χ3n) is 6.79. The van der Waals surface area contributed by atoms with E-state index in [1.54, 1.807) is 54.1 Å². The first-order valence-corrected chi connectivity index (χ1v) is 14.2. The lowest BCUT2D eigenvalue weighted by Crippen LogP contribution is -2.29. The molecule has 0 spiro atoms. The minimum absolute atomic E-state index is 0.105. The van der Waals surface area contributed by atoms with Crippen LogP contribution in [0.3, 0.4) is 0 Å². The monoisotopic (exact) mass is 554 g/mol. The molecule has 1 aromatic carbocycles. The average Bonchev–Trinajstić information content (AvgIpc) is 3.56. The minimum Gasteiger partial charge on any atom is -0.494 e. The highest BCUT2D eigenvalue weighted by Gasteiger charge is 2.35. The van der Waals surface area contributed by atoms with Gasteiger partial charge in [0.2, 0.25) is 5.82 Å². The van der Waals surface area contributed by atoms with Crippen molar-refractivity contribution in [1.29, 1.82) is 0 Å². The van der Waals surface area contributed by atoms with Crippen molar-refractivity contribution in [2.45, 2.75) is 43.8 Å². The summed E-state index contributed by atoms with van der Waals surface area (Å²) < 4.78 is 51.8. The number of benzene rings is 1. The molecule has 0 saturated heterocycles. The van der Waals surface area contributed by atoms with Crippen molar-refractivity contribution < 1.29 is 32.2 Å². The van der Waals surface area contributed by atoms with E-state index >= 15 is 0 Å². The van der Waals surface area contributed by atoms with Gasteiger partial charge in [0, 0.05) is 11.8 Å². The number of ether oxygens (including phenoxy) is 3. The quantitative estimate of drug-likeness (QED) is 0.326. The van der Waals surface area contributed by atoms with Crippen LogP contribution in [-0.4, -0.2) is 59.3 Å². The zero-order valence-electron chi connectivity index (χ0n) is 22.1. The molecule has 0 radical (unpaired) electrons. The maximum atomic E-state index is 13.7. The topological polar surface area (TPSA) is 139 Å².